The average Bonchev–Trinajstić information content (AvgIpc) is 2.47. The van der Waals surface area contributed by atoms with Crippen LogP contribution < -0.4 is 10.1 Å². The van der Waals surface area contributed by atoms with E-state index >= 15 is 0 Å². The fourth-order valence-electron chi connectivity index (χ4n) is 1.94. The molecule has 1 radical (unpaired) electrons. The number of rotatable bonds is 3. The first kappa shape index (κ1) is 15.1. The molecule has 3 nitrogen and oxygen atoms in total. The van der Waals surface area contributed by atoms with E-state index in [0.717, 1.165) is 11.1 Å². The summed E-state index contributed by atoms with van der Waals surface area (Å²) < 4.78 is 5.50. The molecule has 1 N–H and O–H groups in total. The van der Waals surface area contributed by atoms with Crippen LogP contribution in [0.2, 0.25) is 0 Å². The molecule has 1 amide bonds. The van der Waals surface area contributed by atoms with Crippen LogP contribution >= 0.6 is 0 Å². The number of carbonyl (C=O) groups excluding carboxylic acids is 1. The Bertz CT molecular complexity index is 627. The van der Waals surface area contributed by atoms with Crippen LogP contribution in [0, 0.1) is 11.5 Å². The fourth-order valence-corrected chi connectivity index (χ4v) is 1.94. The van der Waals surface area contributed by atoms with Crippen molar-refractivity contribution in [3.63, 3.8) is 0 Å². The zero-order valence-corrected chi connectivity index (χ0v) is 12.9. The smallest absolute Gasteiger partial charge is 0.229 e. The molecule has 2 rings (SSSR count). The van der Waals surface area contributed by atoms with Crippen LogP contribution in [0.1, 0.15) is 20.8 Å². The van der Waals surface area contributed by atoms with Gasteiger partial charge in [-0.25, -0.2) is 0 Å². The third-order valence-corrected chi connectivity index (χ3v) is 3.16. The summed E-state index contributed by atoms with van der Waals surface area (Å²) in [7, 11) is 1.60. The molecule has 109 valence electrons. The van der Waals surface area contributed by atoms with Gasteiger partial charge < -0.3 is 10.1 Å². The molecule has 0 fully saturated rings. The lowest BCUT2D eigenvalue weighted by molar-refractivity contribution is -0.123. The van der Waals surface area contributed by atoms with Crippen molar-refractivity contribution < 1.29 is 9.53 Å². The van der Waals surface area contributed by atoms with Crippen molar-refractivity contribution in [1.82, 2.24) is 0 Å². The Morgan fingerprint density at radius 1 is 1.14 bits per heavy atom. The minimum atomic E-state index is -0.471. The van der Waals surface area contributed by atoms with E-state index in [-0.39, 0.29) is 5.91 Å². The summed E-state index contributed by atoms with van der Waals surface area (Å²) in [5.74, 6) is 0.559. The number of ether oxygens (including phenoxy) is 1. The Kier molecular flexibility index (Phi) is 4.32. The zero-order valence-electron chi connectivity index (χ0n) is 12.9. The number of hydrogen-bond acceptors (Lipinski definition) is 2. The molecule has 0 aliphatic rings. The number of hydrogen-bond donors (Lipinski definition) is 1. The van der Waals surface area contributed by atoms with Crippen LogP contribution in [0.4, 0.5) is 5.69 Å². The summed E-state index contributed by atoms with van der Waals surface area (Å²) in [6, 6.07) is 16.7. The molecule has 0 bridgehead atoms. The fraction of sp³-hybridized carbons (Fsp3) is 0.278. The van der Waals surface area contributed by atoms with Gasteiger partial charge in [0.25, 0.3) is 0 Å². The molecule has 3 heteroatoms. The molecule has 0 aromatic heterocycles. The highest BCUT2D eigenvalue weighted by Gasteiger charge is 2.23. The van der Waals surface area contributed by atoms with Crippen molar-refractivity contribution in [3.05, 3.63) is 48.5 Å². The predicted molar refractivity (Wildman–Crippen MR) is 85.4 cm³/mol. The second-order valence-corrected chi connectivity index (χ2v) is 5.87. The number of benzene rings is 2. The first-order chi connectivity index (χ1) is 9.93. The lowest BCUT2D eigenvalue weighted by Crippen LogP contribution is -2.27. The van der Waals surface area contributed by atoms with Crippen LogP contribution in [0.5, 0.6) is 5.75 Å². The van der Waals surface area contributed by atoms with Crippen molar-refractivity contribution in [2.75, 3.05) is 12.4 Å². The molecule has 2 aromatic carbocycles. The molecule has 0 unspecified atom stereocenters. The van der Waals surface area contributed by atoms with Crippen molar-refractivity contribution in [2.45, 2.75) is 20.8 Å². The SMILES string of the molecule is COc1c(NC(=O)C(C)(C)C)[c]ccc1-c1ccccc1. The average molecular weight is 282 g/mol. The summed E-state index contributed by atoms with van der Waals surface area (Å²) in [6.07, 6.45) is 0. The maximum atomic E-state index is 12.2. The monoisotopic (exact) mass is 282 g/mol. The summed E-state index contributed by atoms with van der Waals surface area (Å²) in [5, 5.41) is 2.89. The van der Waals surface area contributed by atoms with Gasteiger partial charge in [-0.2, -0.15) is 0 Å². The Morgan fingerprint density at radius 3 is 2.38 bits per heavy atom. The standard InChI is InChI=1S/C18H20NO2/c1-18(2,3)17(20)19-15-12-8-11-14(16(15)21-4)13-9-6-5-7-10-13/h5-11H,1-4H3,(H,19,20). The van der Waals surface area contributed by atoms with E-state index in [0.29, 0.717) is 11.4 Å². The lowest BCUT2D eigenvalue weighted by atomic mass is 9.95. The molecule has 0 heterocycles. The van der Waals surface area contributed by atoms with Gasteiger partial charge in [0.05, 0.1) is 12.8 Å². The van der Waals surface area contributed by atoms with Gasteiger partial charge in [0, 0.05) is 17.0 Å². The van der Waals surface area contributed by atoms with E-state index in [2.05, 4.69) is 11.4 Å². The van der Waals surface area contributed by atoms with Crippen LogP contribution in [0.15, 0.2) is 42.5 Å². The minimum absolute atomic E-state index is 0.0674. The van der Waals surface area contributed by atoms with Crippen molar-refractivity contribution >= 4 is 11.6 Å². The Labute approximate surface area is 126 Å². The summed E-state index contributed by atoms with van der Waals surface area (Å²) in [4.78, 5) is 12.2. The summed E-state index contributed by atoms with van der Waals surface area (Å²) >= 11 is 0. The van der Waals surface area contributed by atoms with Gasteiger partial charge in [-0.1, -0.05) is 57.2 Å². The number of methoxy groups -OCH3 is 1. The van der Waals surface area contributed by atoms with Crippen LogP contribution in [0.3, 0.4) is 0 Å². The number of amides is 1. The van der Waals surface area contributed by atoms with E-state index in [1.807, 2.05) is 57.2 Å². The third-order valence-electron chi connectivity index (χ3n) is 3.16. The second-order valence-electron chi connectivity index (χ2n) is 5.87. The first-order valence-electron chi connectivity index (χ1n) is 6.89. The minimum Gasteiger partial charge on any atom is -0.494 e. The van der Waals surface area contributed by atoms with Crippen LogP contribution in [-0.2, 0) is 4.79 Å². The van der Waals surface area contributed by atoms with Gasteiger partial charge in [0.1, 0.15) is 0 Å². The van der Waals surface area contributed by atoms with Gasteiger partial charge in [-0.3, -0.25) is 4.79 Å². The molecule has 0 saturated heterocycles. The number of anilines is 1. The van der Waals surface area contributed by atoms with Gasteiger partial charge in [0.2, 0.25) is 5.91 Å². The molecule has 2 aromatic rings. The zero-order chi connectivity index (χ0) is 15.5. The third kappa shape index (κ3) is 3.43. The molecule has 0 aliphatic heterocycles. The van der Waals surface area contributed by atoms with Crippen LogP contribution in [-0.4, -0.2) is 13.0 Å². The Morgan fingerprint density at radius 2 is 1.81 bits per heavy atom. The van der Waals surface area contributed by atoms with Crippen molar-refractivity contribution in [2.24, 2.45) is 5.41 Å². The van der Waals surface area contributed by atoms with E-state index in [9.17, 15) is 4.79 Å². The van der Waals surface area contributed by atoms with E-state index < -0.39 is 5.41 Å². The summed E-state index contributed by atoms with van der Waals surface area (Å²) in [5.41, 5.74) is 2.07. The van der Waals surface area contributed by atoms with Gasteiger partial charge in [-0.05, 0) is 11.6 Å². The van der Waals surface area contributed by atoms with Gasteiger partial charge >= 0.3 is 0 Å². The molecule has 0 spiro atoms. The molecular formula is C18H20NO2. The molecule has 0 aliphatic carbocycles. The van der Waals surface area contributed by atoms with Gasteiger partial charge in [-0.15, -0.1) is 0 Å². The lowest BCUT2D eigenvalue weighted by Gasteiger charge is -2.20. The van der Waals surface area contributed by atoms with Gasteiger partial charge in [0.15, 0.2) is 5.75 Å². The van der Waals surface area contributed by atoms with E-state index in [1.165, 1.54) is 0 Å². The summed E-state index contributed by atoms with van der Waals surface area (Å²) in [6.45, 7) is 5.61. The molecule has 0 atom stereocenters. The maximum Gasteiger partial charge on any atom is 0.229 e. The Balaban J connectivity index is 2.43. The van der Waals surface area contributed by atoms with Crippen molar-refractivity contribution in [1.29, 1.82) is 0 Å². The number of carbonyl (C=O) groups is 1. The highest BCUT2D eigenvalue weighted by atomic mass is 16.5. The molecule has 21 heavy (non-hydrogen) atoms. The predicted octanol–water partition coefficient (Wildman–Crippen LogP) is 4.15. The highest BCUT2D eigenvalue weighted by molar-refractivity contribution is 5.97. The number of nitrogens with one attached hydrogen (secondary N) is 1. The second kappa shape index (κ2) is 6.00. The first-order valence-corrected chi connectivity index (χ1v) is 6.89. The quantitative estimate of drug-likeness (QED) is 0.918. The highest BCUT2D eigenvalue weighted by Crippen LogP contribution is 2.36. The maximum absolute atomic E-state index is 12.2. The Hall–Kier alpha value is -2.29. The van der Waals surface area contributed by atoms with E-state index in [1.54, 1.807) is 13.2 Å². The topological polar surface area (TPSA) is 38.3 Å². The largest absolute Gasteiger partial charge is 0.494 e. The molecule has 0 saturated carbocycles. The molecular weight excluding hydrogens is 262 g/mol. The van der Waals surface area contributed by atoms with Crippen LogP contribution in [0.25, 0.3) is 11.1 Å². The normalized spacial score (nSPS) is 11.0. The van der Waals surface area contributed by atoms with Crippen molar-refractivity contribution in [3.8, 4) is 16.9 Å². The van der Waals surface area contributed by atoms with E-state index in [4.69, 9.17) is 4.74 Å².